The third kappa shape index (κ3) is 5.01. The molecule has 1 aromatic carbocycles. The number of halogens is 1. The predicted octanol–water partition coefficient (Wildman–Crippen LogP) is 2.01. The number of rotatable bonds is 6. The SMILES string of the molecule is NCCNC(=O)CCSc1ccccc1Br. The number of carbonyl (C=O) groups is 1. The van der Waals surface area contributed by atoms with Crippen LogP contribution < -0.4 is 11.1 Å². The van der Waals surface area contributed by atoms with Crippen LogP contribution in [0.1, 0.15) is 6.42 Å². The van der Waals surface area contributed by atoms with Crippen LogP contribution in [0.2, 0.25) is 0 Å². The molecule has 0 aliphatic rings. The summed E-state index contributed by atoms with van der Waals surface area (Å²) in [5, 5.41) is 2.74. The highest BCUT2D eigenvalue weighted by atomic mass is 79.9. The van der Waals surface area contributed by atoms with Crippen molar-refractivity contribution in [3.05, 3.63) is 28.7 Å². The standard InChI is InChI=1S/C11H15BrN2OS/c12-9-3-1-2-4-10(9)16-8-5-11(15)14-7-6-13/h1-4H,5-8,13H2,(H,14,15). The van der Waals surface area contributed by atoms with Gasteiger partial charge in [-0.15, -0.1) is 11.8 Å². The van der Waals surface area contributed by atoms with Crippen LogP contribution in [0, 0.1) is 0 Å². The maximum absolute atomic E-state index is 11.3. The van der Waals surface area contributed by atoms with E-state index in [2.05, 4.69) is 21.2 Å². The van der Waals surface area contributed by atoms with Gasteiger partial charge in [0.25, 0.3) is 0 Å². The maximum Gasteiger partial charge on any atom is 0.220 e. The Morgan fingerprint density at radius 3 is 2.88 bits per heavy atom. The fourth-order valence-electron chi connectivity index (χ4n) is 1.12. The molecule has 1 rings (SSSR count). The second kappa shape index (κ2) is 7.70. The van der Waals surface area contributed by atoms with Crippen molar-refractivity contribution in [2.45, 2.75) is 11.3 Å². The Bertz CT molecular complexity index is 347. The van der Waals surface area contributed by atoms with Crippen molar-refractivity contribution in [1.29, 1.82) is 0 Å². The van der Waals surface area contributed by atoms with E-state index in [0.29, 0.717) is 19.5 Å². The van der Waals surface area contributed by atoms with E-state index in [-0.39, 0.29) is 5.91 Å². The Labute approximate surface area is 108 Å². The van der Waals surface area contributed by atoms with Crippen molar-refractivity contribution in [1.82, 2.24) is 5.32 Å². The molecule has 5 heteroatoms. The second-order valence-electron chi connectivity index (χ2n) is 3.17. The third-order valence-electron chi connectivity index (χ3n) is 1.89. The molecule has 0 unspecified atom stereocenters. The molecule has 3 N–H and O–H groups in total. The lowest BCUT2D eigenvalue weighted by atomic mass is 10.4. The quantitative estimate of drug-likeness (QED) is 0.790. The van der Waals surface area contributed by atoms with Crippen molar-refractivity contribution in [2.75, 3.05) is 18.8 Å². The molecule has 1 aromatic rings. The number of nitrogens with two attached hydrogens (primary N) is 1. The van der Waals surface area contributed by atoms with Crippen molar-refractivity contribution in [3.63, 3.8) is 0 Å². The molecule has 0 aliphatic heterocycles. The average Bonchev–Trinajstić information content (AvgIpc) is 2.29. The molecule has 0 atom stereocenters. The van der Waals surface area contributed by atoms with Gasteiger partial charge in [-0.1, -0.05) is 12.1 Å². The van der Waals surface area contributed by atoms with Gasteiger partial charge >= 0.3 is 0 Å². The molecule has 0 radical (unpaired) electrons. The summed E-state index contributed by atoms with van der Waals surface area (Å²) in [6.45, 7) is 1.04. The van der Waals surface area contributed by atoms with E-state index >= 15 is 0 Å². The van der Waals surface area contributed by atoms with Crippen LogP contribution in [0.4, 0.5) is 0 Å². The molecule has 88 valence electrons. The molecule has 0 aromatic heterocycles. The molecule has 0 aliphatic carbocycles. The molecule has 0 heterocycles. The zero-order chi connectivity index (χ0) is 11.8. The largest absolute Gasteiger partial charge is 0.355 e. The number of nitrogens with one attached hydrogen (secondary N) is 1. The van der Waals surface area contributed by atoms with Crippen molar-refractivity contribution in [3.8, 4) is 0 Å². The van der Waals surface area contributed by atoms with Gasteiger partial charge in [0.2, 0.25) is 5.91 Å². The first-order valence-electron chi connectivity index (χ1n) is 5.08. The van der Waals surface area contributed by atoms with Crippen LogP contribution in [0.15, 0.2) is 33.6 Å². The van der Waals surface area contributed by atoms with E-state index in [4.69, 9.17) is 5.73 Å². The van der Waals surface area contributed by atoms with Crippen molar-refractivity contribution < 1.29 is 4.79 Å². The van der Waals surface area contributed by atoms with Crippen LogP contribution in [-0.4, -0.2) is 24.7 Å². The molecule has 0 bridgehead atoms. The monoisotopic (exact) mass is 302 g/mol. The van der Waals surface area contributed by atoms with Gasteiger partial charge in [0.05, 0.1) is 0 Å². The van der Waals surface area contributed by atoms with Gasteiger partial charge in [0.1, 0.15) is 0 Å². The number of hydrogen-bond acceptors (Lipinski definition) is 3. The zero-order valence-corrected chi connectivity index (χ0v) is 11.3. The van der Waals surface area contributed by atoms with Gasteiger partial charge in [-0.2, -0.15) is 0 Å². The first-order valence-corrected chi connectivity index (χ1v) is 6.86. The van der Waals surface area contributed by atoms with Crippen LogP contribution in [0.25, 0.3) is 0 Å². The Morgan fingerprint density at radius 1 is 1.44 bits per heavy atom. The summed E-state index contributed by atoms with van der Waals surface area (Å²) in [5.41, 5.74) is 5.29. The highest BCUT2D eigenvalue weighted by molar-refractivity contribution is 9.10. The van der Waals surface area contributed by atoms with E-state index in [1.165, 1.54) is 0 Å². The first kappa shape index (κ1) is 13.5. The Kier molecular flexibility index (Phi) is 6.52. The number of hydrogen-bond donors (Lipinski definition) is 2. The van der Waals surface area contributed by atoms with Gasteiger partial charge in [0, 0.05) is 34.6 Å². The Hall–Kier alpha value is -0.520. The molecule has 3 nitrogen and oxygen atoms in total. The fraction of sp³-hybridized carbons (Fsp3) is 0.364. The Morgan fingerprint density at radius 2 is 2.19 bits per heavy atom. The Balaban J connectivity index is 2.25. The average molecular weight is 303 g/mol. The van der Waals surface area contributed by atoms with E-state index in [9.17, 15) is 4.79 Å². The molecule has 16 heavy (non-hydrogen) atoms. The van der Waals surface area contributed by atoms with Crippen molar-refractivity contribution >= 4 is 33.6 Å². The lowest BCUT2D eigenvalue weighted by Crippen LogP contribution is -2.29. The zero-order valence-electron chi connectivity index (χ0n) is 8.91. The summed E-state index contributed by atoms with van der Waals surface area (Å²) in [4.78, 5) is 12.4. The summed E-state index contributed by atoms with van der Waals surface area (Å²) < 4.78 is 1.07. The minimum atomic E-state index is 0.0602. The lowest BCUT2D eigenvalue weighted by Gasteiger charge is -2.04. The smallest absolute Gasteiger partial charge is 0.220 e. The minimum absolute atomic E-state index is 0.0602. The normalized spacial score (nSPS) is 10.1. The first-order chi connectivity index (χ1) is 7.74. The van der Waals surface area contributed by atoms with Gasteiger partial charge in [-0.05, 0) is 28.1 Å². The van der Waals surface area contributed by atoms with Gasteiger partial charge in [0.15, 0.2) is 0 Å². The molecular formula is C11H15BrN2OS. The minimum Gasteiger partial charge on any atom is -0.355 e. The van der Waals surface area contributed by atoms with Crippen LogP contribution in [-0.2, 0) is 4.79 Å². The number of carbonyl (C=O) groups excluding carboxylic acids is 1. The summed E-state index contributed by atoms with van der Waals surface area (Å²) >= 11 is 5.14. The summed E-state index contributed by atoms with van der Waals surface area (Å²) in [6.07, 6.45) is 0.520. The number of benzene rings is 1. The molecule has 0 spiro atoms. The van der Waals surface area contributed by atoms with E-state index in [1.54, 1.807) is 11.8 Å². The summed E-state index contributed by atoms with van der Waals surface area (Å²) in [5.74, 6) is 0.837. The van der Waals surface area contributed by atoms with E-state index < -0.39 is 0 Å². The van der Waals surface area contributed by atoms with Gasteiger partial charge in [-0.25, -0.2) is 0 Å². The molecule has 0 fully saturated rings. The van der Waals surface area contributed by atoms with Crippen molar-refractivity contribution in [2.24, 2.45) is 5.73 Å². The highest BCUT2D eigenvalue weighted by Gasteiger charge is 2.02. The van der Waals surface area contributed by atoms with E-state index in [1.807, 2.05) is 24.3 Å². The van der Waals surface area contributed by atoms with E-state index in [0.717, 1.165) is 15.1 Å². The number of thioether (sulfide) groups is 1. The van der Waals surface area contributed by atoms with Crippen LogP contribution in [0.5, 0.6) is 0 Å². The highest BCUT2D eigenvalue weighted by Crippen LogP contribution is 2.27. The molecular weight excluding hydrogens is 288 g/mol. The van der Waals surface area contributed by atoms with Gasteiger partial charge < -0.3 is 11.1 Å². The van der Waals surface area contributed by atoms with Gasteiger partial charge in [-0.3, -0.25) is 4.79 Å². The lowest BCUT2D eigenvalue weighted by molar-refractivity contribution is -0.120. The molecule has 0 saturated carbocycles. The topological polar surface area (TPSA) is 55.1 Å². The molecule has 0 saturated heterocycles. The summed E-state index contributed by atoms with van der Waals surface area (Å²) in [6, 6.07) is 7.99. The summed E-state index contributed by atoms with van der Waals surface area (Å²) in [7, 11) is 0. The maximum atomic E-state index is 11.3. The number of amides is 1. The fourth-order valence-corrected chi connectivity index (χ4v) is 2.63. The second-order valence-corrected chi connectivity index (χ2v) is 5.16. The third-order valence-corrected chi connectivity index (χ3v) is 3.92. The predicted molar refractivity (Wildman–Crippen MR) is 71.5 cm³/mol. The van der Waals surface area contributed by atoms with Crippen LogP contribution in [0.3, 0.4) is 0 Å². The molecule has 1 amide bonds. The van der Waals surface area contributed by atoms with Crippen LogP contribution >= 0.6 is 27.7 Å².